The summed E-state index contributed by atoms with van der Waals surface area (Å²) in [5.41, 5.74) is 0.459. The fourth-order valence-corrected chi connectivity index (χ4v) is 3.75. The molecule has 136 valence electrons. The highest BCUT2D eigenvalue weighted by Gasteiger charge is 2.31. The van der Waals surface area contributed by atoms with Crippen LogP contribution in [0.3, 0.4) is 0 Å². The first-order valence-electron chi connectivity index (χ1n) is 7.84. The third kappa shape index (κ3) is 4.36. The molecule has 0 radical (unpaired) electrons. The first kappa shape index (κ1) is 18.9. The largest absolute Gasteiger partial charge is 0.480 e. The number of nitrogens with one attached hydrogen (secondary N) is 2. The summed E-state index contributed by atoms with van der Waals surface area (Å²) >= 11 is 0. The van der Waals surface area contributed by atoms with Crippen LogP contribution in [0.1, 0.15) is 32.8 Å². The Labute approximate surface area is 146 Å². The van der Waals surface area contributed by atoms with Gasteiger partial charge in [-0.15, -0.1) is 0 Å². The molecule has 0 aromatic heterocycles. The van der Waals surface area contributed by atoms with Crippen molar-refractivity contribution < 1.29 is 23.1 Å². The zero-order chi connectivity index (χ0) is 18.8. The maximum absolute atomic E-state index is 12.0. The summed E-state index contributed by atoms with van der Waals surface area (Å²) in [5, 5.41) is 11.6. The van der Waals surface area contributed by atoms with Gasteiger partial charge in [-0.3, -0.25) is 14.5 Å². The highest BCUT2D eigenvalue weighted by atomic mass is 32.2. The van der Waals surface area contributed by atoms with Gasteiger partial charge in [0.25, 0.3) is 10.0 Å². The SMILES string of the molecule is CC(CC(=O)N[C@@H](C(=O)O)C(C)C)N=C1NS(=O)(=O)c2ccccc21. The molecule has 0 spiro atoms. The third-order valence-electron chi connectivity index (χ3n) is 3.74. The summed E-state index contributed by atoms with van der Waals surface area (Å²) in [7, 11) is -3.63. The van der Waals surface area contributed by atoms with E-state index in [4.69, 9.17) is 5.11 Å². The van der Waals surface area contributed by atoms with E-state index in [1.807, 2.05) is 0 Å². The van der Waals surface area contributed by atoms with Crippen LogP contribution in [0.2, 0.25) is 0 Å². The lowest BCUT2D eigenvalue weighted by atomic mass is 10.0. The maximum atomic E-state index is 12.0. The molecular weight excluding hydrogens is 346 g/mol. The van der Waals surface area contributed by atoms with Crippen LogP contribution < -0.4 is 10.0 Å². The second-order valence-corrected chi connectivity index (χ2v) is 7.91. The number of aliphatic imine (C=N–C) groups is 1. The molecule has 1 aliphatic heterocycles. The number of benzene rings is 1. The lowest BCUT2D eigenvalue weighted by molar-refractivity contribution is -0.143. The summed E-state index contributed by atoms with van der Waals surface area (Å²) in [4.78, 5) is 27.6. The van der Waals surface area contributed by atoms with Gasteiger partial charge in [0.05, 0.1) is 10.9 Å². The van der Waals surface area contributed by atoms with Crippen molar-refractivity contribution in [2.75, 3.05) is 0 Å². The molecule has 0 fully saturated rings. The Balaban J connectivity index is 2.10. The third-order valence-corrected chi connectivity index (χ3v) is 5.14. The van der Waals surface area contributed by atoms with Crippen LogP contribution in [0, 0.1) is 5.92 Å². The molecule has 1 aromatic rings. The van der Waals surface area contributed by atoms with Crippen LogP contribution in [-0.2, 0) is 19.6 Å². The maximum Gasteiger partial charge on any atom is 0.326 e. The number of nitrogens with zero attached hydrogens (tertiary/aromatic N) is 1. The van der Waals surface area contributed by atoms with E-state index in [1.165, 1.54) is 6.07 Å². The second kappa shape index (κ2) is 7.22. The minimum absolute atomic E-state index is 0.0517. The molecule has 1 heterocycles. The normalized spacial score (nSPS) is 19.1. The Hall–Kier alpha value is -2.42. The van der Waals surface area contributed by atoms with Crippen LogP contribution in [0.5, 0.6) is 0 Å². The van der Waals surface area contributed by atoms with Gasteiger partial charge in [0.1, 0.15) is 11.9 Å². The second-order valence-electron chi connectivity index (χ2n) is 6.26. The number of carboxylic acid groups (broad SMARTS) is 1. The topological polar surface area (TPSA) is 125 Å². The monoisotopic (exact) mass is 367 g/mol. The Morgan fingerprint density at radius 1 is 1.24 bits per heavy atom. The molecule has 1 aliphatic rings. The summed E-state index contributed by atoms with van der Waals surface area (Å²) in [6.45, 7) is 5.06. The van der Waals surface area contributed by atoms with Gasteiger partial charge in [-0.1, -0.05) is 26.0 Å². The molecule has 2 rings (SSSR count). The minimum atomic E-state index is -3.63. The van der Waals surface area contributed by atoms with Crippen molar-refractivity contribution in [1.82, 2.24) is 10.0 Å². The van der Waals surface area contributed by atoms with E-state index in [0.29, 0.717) is 5.56 Å². The van der Waals surface area contributed by atoms with Crippen molar-refractivity contribution in [3.63, 3.8) is 0 Å². The van der Waals surface area contributed by atoms with Crippen molar-refractivity contribution in [3.8, 4) is 0 Å². The number of aliphatic carboxylic acids is 1. The zero-order valence-corrected chi connectivity index (χ0v) is 15.0. The molecule has 9 heteroatoms. The molecular formula is C16H21N3O5S. The lowest BCUT2D eigenvalue weighted by Crippen LogP contribution is -2.45. The summed E-state index contributed by atoms with van der Waals surface area (Å²) in [6, 6.07) is 4.95. The lowest BCUT2D eigenvalue weighted by Gasteiger charge is -2.18. The number of carbonyl (C=O) groups excluding carboxylic acids is 1. The smallest absolute Gasteiger partial charge is 0.326 e. The minimum Gasteiger partial charge on any atom is -0.480 e. The number of sulfonamides is 1. The van der Waals surface area contributed by atoms with Crippen molar-refractivity contribution in [2.45, 2.75) is 44.2 Å². The van der Waals surface area contributed by atoms with E-state index < -0.39 is 34.0 Å². The number of amides is 1. The Morgan fingerprint density at radius 3 is 2.48 bits per heavy atom. The van der Waals surface area contributed by atoms with Crippen molar-refractivity contribution in [2.24, 2.45) is 10.9 Å². The molecule has 0 saturated carbocycles. The highest BCUT2D eigenvalue weighted by Crippen LogP contribution is 2.22. The Morgan fingerprint density at radius 2 is 1.88 bits per heavy atom. The predicted octanol–water partition coefficient (Wildman–Crippen LogP) is 0.729. The first-order valence-corrected chi connectivity index (χ1v) is 9.32. The number of rotatable bonds is 6. The van der Waals surface area contributed by atoms with Gasteiger partial charge in [0, 0.05) is 12.0 Å². The molecule has 25 heavy (non-hydrogen) atoms. The predicted molar refractivity (Wildman–Crippen MR) is 91.8 cm³/mol. The average molecular weight is 367 g/mol. The van der Waals surface area contributed by atoms with E-state index in [9.17, 15) is 18.0 Å². The van der Waals surface area contributed by atoms with Crippen molar-refractivity contribution in [3.05, 3.63) is 29.8 Å². The quantitative estimate of drug-likeness (QED) is 0.683. The summed E-state index contributed by atoms with van der Waals surface area (Å²) < 4.78 is 26.4. The van der Waals surface area contributed by atoms with Gasteiger partial charge >= 0.3 is 5.97 Å². The van der Waals surface area contributed by atoms with Gasteiger partial charge in [-0.2, -0.15) is 0 Å². The summed E-state index contributed by atoms with van der Waals surface area (Å²) in [5.74, 6) is -1.61. The van der Waals surface area contributed by atoms with Crippen LogP contribution in [0.15, 0.2) is 34.2 Å². The average Bonchev–Trinajstić information content (AvgIpc) is 2.75. The number of carboxylic acids is 1. The molecule has 3 N–H and O–H groups in total. The molecule has 0 aliphatic carbocycles. The Kier molecular flexibility index (Phi) is 5.46. The van der Waals surface area contributed by atoms with Gasteiger partial charge in [-0.25, -0.2) is 13.2 Å². The van der Waals surface area contributed by atoms with E-state index in [2.05, 4.69) is 15.0 Å². The molecule has 1 aromatic carbocycles. The van der Waals surface area contributed by atoms with E-state index in [1.54, 1.807) is 39.0 Å². The fraction of sp³-hybridized carbons (Fsp3) is 0.438. The number of hydrogen-bond donors (Lipinski definition) is 3. The van der Waals surface area contributed by atoms with E-state index >= 15 is 0 Å². The van der Waals surface area contributed by atoms with Crippen LogP contribution in [0.4, 0.5) is 0 Å². The zero-order valence-electron chi connectivity index (χ0n) is 14.2. The molecule has 1 unspecified atom stereocenters. The van der Waals surface area contributed by atoms with Crippen LogP contribution in [-0.4, -0.2) is 43.3 Å². The molecule has 1 amide bonds. The molecule has 2 atom stereocenters. The Bertz CT molecular complexity index is 817. The van der Waals surface area contributed by atoms with Crippen molar-refractivity contribution in [1.29, 1.82) is 0 Å². The van der Waals surface area contributed by atoms with Gasteiger partial charge in [0.15, 0.2) is 0 Å². The van der Waals surface area contributed by atoms with E-state index in [-0.39, 0.29) is 23.1 Å². The standard InChI is InChI=1S/C16H21N3O5S/c1-9(2)14(16(21)22)18-13(20)8-10(3)17-15-11-6-4-5-7-12(11)25(23,24)19-15/h4-7,9-10,14H,8H2,1-3H3,(H,17,19)(H,18,20)(H,21,22)/t10?,14-/m1/s1. The molecule has 0 saturated heterocycles. The van der Waals surface area contributed by atoms with Gasteiger partial charge in [0.2, 0.25) is 5.91 Å². The molecule has 0 bridgehead atoms. The number of carbonyl (C=O) groups is 2. The number of fused-ring (bicyclic) bond motifs is 1. The van der Waals surface area contributed by atoms with Gasteiger partial charge in [-0.05, 0) is 25.0 Å². The first-order chi connectivity index (χ1) is 11.6. The van der Waals surface area contributed by atoms with Crippen molar-refractivity contribution >= 4 is 27.7 Å². The van der Waals surface area contributed by atoms with Crippen LogP contribution in [0.25, 0.3) is 0 Å². The number of amidine groups is 1. The summed E-state index contributed by atoms with van der Waals surface area (Å²) in [6.07, 6.45) is -0.0517. The fourth-order valence-electron chi connectivity index (χ4n) is 2.51. The van der Waals surface area contributed by atoms with Gasteiger partial charge < -0.3 is 10.4 Å². The highest BCUT2D eigenvalue weighted by molar-refractivity contribution is 7.90. The number of hydrogen-bond acceptors (Lipinski definition) is 5. The van der Waals surface area contributed by atoms with E-state index in [0.717, 1.165) is 0 Å². The molecule has 8 nitrogen and oxygen atoms in total. The van der Waals surface area contributed by atoms with Crippen LogP contribution >= 0.6 is 0 Å².